The van der Waals surface area contributed by atoms with Gasteiger partial charge in [0.1, 0.15) is 11.5 Å². The molecule has 1 saturated heterocycles. The fourth-order valence-electron chi connectivity index (χ4n) is 3.19. The molecule has 0 aromatic carbocycles. The van der Waals surface area contributed by atoms with Crippen molar-refractivity contribution in [2.24, 2.45) is 0 Å². The second-order valence-electron chi connectivity index (χ2n) is 6.26. The van der Waals surface area contributed by atoms with Crippen molar-refractivity contribution in [1.29, 1.82) is 0 Å². The quantitative estimate of drug-likeness (QED) is 0.727. The second-order valence-corrected chi connectivity index (χ2v) is 6.67. The normalized spacial score (nSPS) is 15.0. The van der Waals surface area contributed by atoms with E-state index >= 15 is 0 Å². The second kappa shape index (κ2) is 7.54. The molecule has 3 aromatic heterocycles. The van der Waals surface area contributed by atoms with Crippen LogP contribution in [0.4, 0.5) is 5.69 Å². The lowest BCUT2D eigenvalue weighted by Crippen LogP contribution is -2.14. The number of furan rings is 1. The van der Waals surface area contributed by atoms with E-state index in [1.807, 2.05) is 6.07 Å². The molecule has 27 heavy (non-hydrogen) atoms. The average Bonchev–Trinajstić information content (AvgIpc) is 3.15. The molecule has 1 N–H and O–H groups in total. The molecule has 0 radical (unpaired) electrons. The maximum atomic E-state index is 12.8. The van der Waals surface area contributed by atoms with Crippen molar-refractivity contribution in [3.05, 3.63) is 47.2 Å². The number of carbonyl (C=O) groups is 1. The summed E-state index contributed by atoms with van der Waals surface area (Å²) in [6, 6.07) is 3.51. The fraction of sp³-hybridized carbons (Fsp3) is 0.316. The van der Waals surface area contributed by atoms with Gasteiger partial charge in [0.2, 0.25) is 0 Å². The van der Waals surface area contributed by atoms with Crippen LogP contribution in [0.5, 0.6) is 5.75 Å². The summed E-state index contributed by atoms with van der Waals surface area (Å²) in [5.41, 5.74) is 1.23. The van der Waals surface area contributed by atoms with Gasteiger partial charge in [-0.05, 0) is 25.0 Å². The van der Waals surface area contributed by atoms with Crippen LogP contribution in [-0.2, 0) is 4.74 Å². The number of nitrogens with zero attached hydrogens (tertiary/aromatic N) is 2. The van der Waals surface area contributed by atoms with Gasteiger partial charge in [-0.3, -0.25) is 9.78 Å². The number of hydrogen-bond donors (Lipinski definition) is 1. The van der Waals surface area contributed by atoms with Crippen molar-refractivity contribution in [3.8, 4) is 5.75 Å². The molecule has 1 fully saturated rings. The first-order valence-corrected chi connectivity index (χ1v) is 9.00. The van der Waals surface area contributed by atoms with E-state index < -0.39 is 0 Å². The van der Waals surface area contributed by atoms with Crippen LogP contribution >= 0.6 is 11.6 Å². The van der Waals surface area contributed by atoms with Crippen molar-refractivity contribution < 1.29 is 18.7 Å². The molecule has 0 aliphatic carbocycles. The topological polar surface area (TPSA) is 86.5 Å². The average molecular weight is 388 g/mol. The highest BCUT2D eigenvalue weighted by molar-refractivity contribution is 6.33. The number of amides is 1. The molecule has 1 aliphatic heterocycles. The highest BCUT2D eigenvalue weighted by atomic mass is 35.5. The molecular formula is C19H18ClN3O4. The molecule has 4 rings (SSSR count). The van der Waals surface area contributed by atoms with E-state index in [0.717, 1.165) is 18.6 Å². The van der Waals surface area contributed by atoms with E-state index in [1.54, 1.807) is 19.4 Å². The number of methoxy groups -OCH3 is 1. The SMILES string of the molecule is COc1cnc(C(=O)Nc2ccncc2Cl)c2cc(C3CCOCC3)oc12. The highest BCUT2D eigenvalue weighted by Gasteiger charge is 2.24. The number of ether oxygens (including phenoxy) is 2. The number of fused-ring (bicyclic) bond motifs is 1. The highest BCUT2D eigenvalue weighted by Crippen LogP contribution is 2.36. The molecule has 0 unspecified atom stereocenters. The molecular weight excluding hydrogens is 370 g/mol. The summed E-state index contributed by atoms with van der Waals surface area (Å²) >= 11 is 6.08. The molecule has 1 amide bonds. The van der Waals surface area contributed by atoms with Crippen LogP contribution in [-0.4, -0.2) is 36.2 Å². The van der Waals surface area contributed by atoms with Gasteiger partial charge in [0.25, 0.3) is 5.91 Å². The molecule has 3 aromatic rings. The smallest absolute Gasteiger partial charge is 0.275 e. The van der Waals surface area contributed by atoms with Crippen molar-refractivity contribution in [2.45, 2.75) is 18.8 Å². The van der Waals surface area contributed by atoms with Crippen molar-refractivity contribution in [2.75, 3.05) is 25.6 Å². The summed E-state index contributed by atoms with van der Waals surface area (Å²) in [5.74, 6) is 1.17. The number of aromatic nitrogens is 2. The lowest BCUT2D eigenvalue weighted by atomic mass is 9.97. The van der Waals surface area contributed by atoms with Gasteiger partial charge in [-0.2, -0.15) is 0 Å². The predicted molar refractivity (Wildman–Crippen MR) is 101 cm³/mol. The molecule has 8 heteroatoms. The largest absolute Gasteiger partial charge is 0.491 e. The van der Waals surface area contributed by atoms with Gasteiger partial charge in [-0.25, -0.2) is 4.98 Å². The monoisotopic (exact) mass is 387 g/mol. The van der Waals surface area contributed by atoms with E-state index in [1.165, 1.54) is 12.4 Å². The summed E-state index contributed by atoms with van der Waals surface area (Å²) in [4.78, 5) is 21.0. The van der Waals surface area contributed by atoms with E-state index in [9.17, 15) is 4.79 Å². The maximum Gasteiger partial charge on any atom is 0.275 e. The number of pyridine rings is 2. The Morgan fingerprint density at radius 1 is 1.33 bits per heavy atom. The van der Waals surface area contributed by atoms with Gasteiger partial charge in [-0.15, -0.1) is 0 Å². The van der Waals surface area contributed by atoms with Crippen LogP contribution < -0.4 is 10.1 Å². The van der Waals surface area contributed by atoms with Gasteiger partial charge < -0.3 is 19.2 Å². The minimum Gasteiger partial charge on any atom is -0.491 e. The first-order valence-electron chi connectivity index (χ1n) is 8.62. The minimum atomic E-state index is -0.380. The molecule has 0 saturated carbocycles. The number of anilines is 1. The van der Waals surface area contributed by atoms with Crippen molar-refractivity contribution in [1.82, 2.24) is 9.97 Å². The third-order valence-electron chi connectivity index (χ3n) is 4.62. The van der Waals surface area contributed by atoms with Crippen LogP contribution in [0.3, 0.4) is 0 Å². The predicted octanol–water partition coefficient (Wildman–Crippen LogP) is 4.03. The lowest BCUT2D eigenvalue weighted by molar-refractivity contribution is 0.0810. The van der Waals surface area contributed by atoms with Gasteiger partial charge in [0, 0.05) is 31.5 Å². The first kappa shape index (κ1) is 17.8. The molecule has 4 heterocycles. The number of carbonyl (C=O) groups excluding carboxylic acids is 1. The number of rotatable bonds is 4. The van der Waals surface area contributed by atoms with Crippen LogP contribution in [0.25, 0.3) is 11.0 Å². The Balaban J connectivity index is 1.72. The zero-order valence-corrected chi connectivity index (χ0v) is 15.5. The Morgan fingerprint density at radius 3 is 2.89 bits per heavy atom. The van der Waals surface area contributed by atoms with Gasteiger partial charge >= 0.3 is 0 Å². The Labute approximate surface area is 160 Å². The maximum absolute atomic E-state index is 12.8. The molecule has 1 aliphatic rings. The summed E-state index contributed by atoms with van der Waals surface area (Å²) in [6.07, 6.45) is 6.27. The Kier molecular flexibility index (Phi) is 4.96. The molecule has 7 nitrogen and oxygen atoms in total. The van der Waals surface area contributed by atoms with Crippen LogP contribution in [0.15, 0.2) is 35.1 Å². The third-order valence-corrected chi connectivity index (χ3v) is 4.92. The Morgan fingerprint density at radius 2 is 2.15 bits per heavy atom. The Hall–Kier alpha value is -2.64. The third kappa shape index (κ3) is 3.48. The molecule has 0 bridgehead atoms. The van der Waals surface area contributed by atoms with Crippen LogP contribution in [0, 0.1) is 0 Å². The van der Waals surface area contributed by atoms with E-state index in [0.29, 0.717) is 40.6 Å². The number of halogens is 1. The van der Waals surface area contributed by atoms with Crippen molar-refractivity contribution >= 4 is 34.2 Å². The first-order chi connectivity index (χ1) is 13.2. The summed E-state index contributed by atoms with van der Waals surface area (Å²) in [6.45, 7) is 1.40. The summed E-state index contributed by atoms with van der Waals surface area (Å²) in [5, 5.41) is 3.73. The van der Waals surface area contributed by atoms with Crippen LogP contribution in [0.2, 0.25) is 5.02 Å². The van der Waals surface area contributed by atoms with E-state index in [4.69, 9.17) is 25.5 Å². The number of nitrogens with one attached hydrogen (secondary N) is 1. The molecule has 0 atom stereocenters. The summed E-state index contributed by atoms with van der Waals surface area (Å²) < 4.78 is 16.8. The summed E-state index contributed by atoms with van der Waals surface area (Å²) in [7, 11) is 1.55. The zero-order chi connectivity index (χ0) is 18.8. The van der Waals surface area contributed by atoms with Gasteiger partial charge in [-0.1, -0.05) is 11.6 Å². The zero-order valence-electron chi connectivity index (χ0n) is 14.7. The standard InChI is InChI=1S/C19H18ClN3O4/c1-25-16-10-22-17(19(24)23-14-2-5-21-9-13(14)20)12-8-15(27-18(12)16)11-3-6-26-7-4-11/h2,5,8-11H,3-4,6-7H2,1H3,(H,21,23,24). The van der Waals surface area contributed by atoms with E-state index in [2.05, 4.69) is 15.3 Å². The Bertz CT molecular complexity index is 982. The van der Waals surface area contributed by atoms with Gasteiger partial charge in [0.15, 0.2) is 11.3 Å². The molecule has 140 valence electrons. The minimum absolute atomic E-state index is 0.251. The van der Waals surface area contributed by atoms with E-state index in [-0.39, 0.29) is 17.5 Å². The lowest BCUT2D eigenvalue weighted by Gasteiger charge is -2.19. The van der Waals surface area contributed by atoms with Crippen molar-refractivity contribution in [3.63, 3.8) is 0 Å². The molecule has 0 spiro atoms. The number of hydrogen-bond acceptors (Lipinski definition) is 6. The van der Waals surface area contributed by atoms with Crippen LogP contribution in [0.1, 0.15) is 35.0 Å². The fourth-order valence-corrected chi connectivity index (χ4v) is 3.35. The van der Waals surface area contributed by atoms with Gasteiger partial charge in [0.05, 0.1) is 29.4 Å².